The van der Waals surface area contributed by atoms with Gasteiger partial charge < -0.3 is 5.32 Å². The minimum atomic E-state index is -0.0243. The maximum Gasteiger partial charge on any atom is 0.270 e. The van der Waals surface area contributed by atoms with Crippen molar-refractivity contribution >= 4 is 21.8 Å². The molecular weight excluding hydrogens is 294 g/mol. The van der Waals surface area contributed by atoms with E-state index in [1.54, 1.807) is 11.7 Å². The summed E-state index contributed by atoms with van der Waals surface area (Å²) in [6.45, 7) is 4.11. The lowest BCUT2D eigenvalue weighted by atomic mass is 9.86. The number of carbonyl (C=O) groups is 1. The van der Waals surface area contributed by atoms with Crippen LogP contribution in [0.15, 0.2) is 4.47 Å². The first kappa shape index (κ1) is 13.6. The Morgan fingerprint density at radius 2 is 2.11 bits per heavy atom. The van der Waals surface area contributed by atoms with Gasteiger partial charge in [0.25, 0.3) is 5.91 Å². The van der Waals surface area contributed by atoms with Crippen LogP contribution >= 0.6 is 15.9 Å². The first-order chi connectivity index (χ1) is 8.50. The quantitative estimate of drug-likeness (QED) is 0.912. The van der Waals surface area contributed by atoms with E-state index in [-0.39, 0.29) is 5.91 Å². The molecule has 0 spiro atoms. The number of amides is 1. The molecule has 0 unspecified atom stereocenters. The molecule has 1 aromatic rings. The van der Waals surface area contributed by atoms with Crippen LogP contribution in [0.5, 0.6) is 0 Å². The molecule has 1 aliphatic rings. The van der Waals surface area contributed by atoms with E-state index < -0.39 is 0 Å². The third kappa shape index (κ3) is 2.60. The fourth-order valence-electron chi connectivity index (χ4n) is 2.65. The van der Waals surface area contributed by atoms with Gasteiger partial charge in [-0.15, -0.1) is 0 Å². The zero-order chi connectivity index (χ0) is 13.3. The summed E-state index contributed by atoms with van der Waals surface area (Å²) in [6.07, 6.45) is 4.78. The van der Waals surface area contributed by atoms with Crippen molar-refractivity contribution in [3.05, 3.63) is 15.9 Å². The minimum absolute atomic E-state index is 0.0243. The molecule has 2 atom stereocenters. The fourth-order valence-corrected chi connectivity index (χ4v) is 3.16. The second kappa shape index (κ2) is 5.43. The summed E-state index contributed by atoms with van der Waals surface area (Å²) >= 11 is 3.44. The van der Waals surface area contributed by atoms with Crippen molar-refractivity contribution in [2.24, 2.45) is 13.0 Å². The van der Waals surface area contributed by atoms with Crippen molar-refractivity contribution in [2.75, 3.05) is 0 Å². The first-order valence-corrected chi connectivity index (χ1v) is 7.30. The highest BCUT2D eigenvalue weighted by Crippen LogP contribution is 2.25. The van der Waals surface area contributed by atoms with Gasteiger partial charge in [-0.05, 0) is 41.6 Å². The molecule has 1 aromatic heterocycles. The number of rotatable bonds is 2. The molecule has 0 aromatic carbocycles. The molecule has 1 heterocycles. The summed E-state index contributed by atoms with van der Waals surface area (Å²) in [5, 5.41) is 7.40. The Balaban J connectivity index is 2.12. The molecular formula is C13H20BrN3O. The Morgan fingerprint density at radius 3 is 2.67 bits per heavy atom. The zero-order valence-electron chi connectivity index (χ0n) is 11.2. The Hall–Kier alpha value is -0.840. The second-order valence-electron chi connectivity index (χ2n) is 5.21. The normalized spacial score (nSPS) is 24.0. The summed E-state index contributed by atoms with van der Waals surface area (Å²) < 4.78 is 2.44. The SMILES string of the molecule is Cc1nn(C)c(C(=O)N[C@H]2CCCC[C@@H]2C)c1Br. The lowest BCUT2D eigenvalue weighted by molar-refractivity contribution is 0.0900. The second-order valence-corrected chi connectivity index (χ2v) is 6.01. The van der Waals surface area contributed by atoms with Gasteiger partial charge in [0.15, 0.2) is 0 Å². The number of aromatic nitrogens is 2. The molecule has 2 rings (SSSR count). The van der Waals surface area contributed by atoms with Crippen LogP contribution in [0.2, 0.25) is 0 Å². The molecule has 1 aliphatic carbocycles. The molecule has 1 N–H and O–H groups in total. The van der Waals surface area contributed by atoms with Gasteiger partial charge >= 0.3 is 0 Å². The average molecular weight is 314 g/mol. The van der Waals surface area contributed by atoms with E-state index in [1.165, 1.54) is 19.3 Å². The number of nitrogens with zero attached hydrogens (tertiary/aromatic N) is 2. The van der Waals surface area contributed by atoms with Crippen LogP contribution in [0.4, 0.5) is 0 Å². The zero-order valence-corrected chi connectivity index (χ0v) is 12.7. The summed E-state index contributed by atoms with van der Waals surface area (Å²) in [4.78, 5) is 12.3. The molecule has 0 radical (unpaired) electrons. The van der Waals surface area contributed by atoms with Crippen LogP contribution in [-0.2, 0) is 7.05 Å². The van der Waals surface area contributed by atoms with Crippen LogP contribution in [0.3, 0.4) is 0 Å². The van der Waals surface area contributed by atoms with Crippen molar-refractivity contribution in [1.29, 1.82) is 0 Å². The first-order valence-electron chi connectivity index (χ1n) is 6.50. The topological polar surface area (TPSA) is 46.9 Å². The fraction of sp³-hybridized carbons (Fsp3) is 0.692. The molecule has 1 fully saturated rings. The van der Waals surface area contributed by atoms with Crippen LogP contribution in [0.1, 0.15) is 48.8 Å². The maximum absolute atomic E-state index is 12.3. The predicted octanol–water partition coefficient (Wildman–Crippen LogP) is 2.80. The van der Waals surface area contributed by atoms with Crippen LogP contribution in [0.25, 0.3) is 0 Å². The lowest BCUT2D eigenvalue weighted by Crippen LogP contribution is -2.41. The van der Waals surface area contributed by atoms with Crippen LogP contribution < -0.4 is 5.32 Å². The van der Waals surface area contributed by atoms with Crippen molar-refractivity contribution in [3.8, 4) is 0 Å². The number of carbonyl (C=O) groups excluding carboxylic acids is 1. The molecule has 1 saturated carbocycles. The lowest BCUT2D eigenvalue weighted by Gasteiger charge is -2.29. The number of nitrogens with one attached hydrogen (secondary N) is 1. The molecule has 18 heavy (non-hydrogen) atoms. The number of halogens is 1. The minimum Gasteiger partial charge on any atom is -0.348 e. The smallest absolute Gasteiger partial charge is 0.270 e. The van der Waals surface area contributed by atoms with Gasteiger partial charge in [-0.25, -0.2) is 0 Å². The molecule has 0 aliphatic heterocycles. The third-order valence-corrected chi connectivity index (χ3v) is 4.74. The van der Waals surface area contributed by atoms with E-state index in [4.69, 9.17) is 0 Å². The van der Waals surface area contributed by atoms with Gasteiger partial charge in [-0.1, -0.05) is 19.8 Å². The summed E-state index contributed by atoms with van der Waals surface area (Å²) in [5.74, 6) is 0.541. The van der Waals surface area contributed by atoms with Gasteiger partial charge in [0, 0.05) is 13.1 Å². The van der Waals surface area contributed by atoms with Crippen molar-refractivity contribution < 1.29 is 4.79 Å². The maximum atomic E-state index is 12.3. The third-order valence-electron chi connectivity index (χ3n) is 3.79. The van der Waals surface area contributed by atoms with Crippen LogP contribution in [0, 0.1) is 12.8 Å². The molecule has 4 nitrogen and oxygen atoms in total. The monoisotopic (exact) mass is 313 g/mol. The van der Waals surface area contributed by atoms with E-state index >= 15 is 0 Å². The molecule has 100 valence electrons. The number of hydrogen-bond acceptors (Lipinski definition) is 2. The van der Waals surface area contributed by atoms with E-state index in [2.05, 4.69) is 33.3 Å². The van der Waals surface area contributed by atoms with Gasteiger partial charge in [0.2, 0.25) is 0 Å². The summed E-state index contributed by atoms with van der Waals surface area (Å²) in [6, 6.07) is 0.299. The van der Waals surface area contributed by atoms with Gasteiger partial charge in [0.05, 0.1) is 10.2 Å². The van der Waals surface area contributed by atoms with Gasteiger partial charge in [-0.3, -0.25) is 9.48 Å². The molecule has 0 saturated heterocycles. The summed E-state index contributed by atoms with van der Waals surface area (Å²) in [7, 11) is 1.80. The van der Waals surface area contributed by atoms with Crippen molar-refractivity contribution in [3.63, 3.8) is 0 Å². The van der Waals surface area contributed by atoms with Crippen molar-refractivity contribution in [2.45, 2.75) is 45.6 Å². The average Bonchev–Trinajstić information content (AvgIpc) is 2.56. The molecule has 0 bridgehead atoms. The molecule has 5 heteroatoms. The van der Waals surface area contributed by atoms with Gasteiger partial charge in [0.1, 0.15) is 5.69 Å². The predicted molar refractivity (Wildman–Crippen MR) is 74.5 cm³/mol. The van der Waals surface area contributed by atoms with Crippen molar-refractivity contribution in [1.82, 2.24) is 15.1 Å². The molecule has 1 amide bonds. The summed E-state index contributed by atoms with van der Waals surface area (Å²) in [5.41, 5.74) is 1.46. The van der Waals surface area contributed by atoms with E-state index in [1.807, 2.05) is 6.92 Å². The van der Waals surface area contributed by atoms with E-state index in [0.717, 1.165) is 16.6 Å². The highest BCUT2D eigenvalue weighted by molar-refractivity contribution is 9.10. The van der Waals surface area contributed by atoms with Gasteiger partial charge in [-0.2, -0.15) is 5.10 Å². The van der Waals surface area contributed by atoms with Crippen LogP contribution in [-0.4, -0.2) is 21.7 Å². The largest absolute Gasteiger partial charge is 0.348 e. The van der Waals surface area contributed by atoms with E-state index in [9.17, 15) is 4.79 Å². The number of hydrogen-bond donors (Lipinski definition) is 1. The number of aryl methyl sites for hydroxylation is 2. The highest BCUT2D eigenvalue weighted by Gasteiger charge is 2.26. The Kier molecular flexibility index (Phi) is 4.10. The Morgan fingerprint density at radius 1 is 1.44 bits per heavy atom. The Labute approximate surface area is 116 Å². The Bertz CT molecular complexity index is 455. The highest BCUT2D eigenvalue weighted by atomic mass is 79.9. The van der Waals surface area contributed by atoms with E-state index in [0.29, 0.717) is 17.7 Å². The standard InChI is InChI=1S/C13H20BrN3O/c1-8-6-4-5-7-10(8)15-13(18)12-11(14)9(2)16-17(12)3/h8,10H,4-7H2,1-3H3,(H,15,18)/t8-,10-/m0/s1.